The predicted molar refractivity (Wildman–Crippen MR) is 85.6 cm³/mol. The van der Waals surface area contributed by atoms with Gasteiger partial charge in [0.1, 0.15) is 5.75 Å². The first kappa shape index (κ1) is 15.7. The second kappa shape index (κ2) is 6.12. The minimum absolute atomic E-state index is 0.122. The molecule has 2 aromatic carbocycles. The fraction of sp³-hybridized carbons (Fsp3) is 0.118. The summed E-state index contributed by atoms with van der Waals surface area (Å²) in [4.78, 5) is 4.30. The number of alkyl halides is 3. The van der Waals surface area contributed by atoms with Crippen molar-refractivity contribution in [3.05, 3.63) is 54.7 Å². The van der Waals surface area contributed by atoms with Crippen LogP contribution in [0, 0.1) is 0 Å². The van der Waals surface area contributed by atoms with Gasteiger partial charge in [0, 0.05) is 16.7 Å². The van der Waals surface area contributed by atoms with Gasteiger partial charge in [0.2, 0.25) is 0 Å². The monoisotopic (exact) mass is 335 g/mol. The molecule has 0 aliphatic rings. The third-order valence-electron chi connectivity index (χ3n) is 3.31. The van der Waals surface area contributed by atoms with Crippen LogP contribution in [-0.2, 0) is 0 Å². The highest BCUT2D eigenvalue weighted by molar-refractivity contribution is 8.00. The molecular weight excluding hydrogens is 323 g/mol. The van der Waals surface area contributed by atoms with Crippen LogP contribution in [0.2, 0.25) is 0 Å². The number of hydrogen-bond donors (Lipinski definition) is 0. The van der Waals surface area contributed by atoms with Crippen molar-refractivity contribution in [1.29, 1.82) is 0 Å². The average molecular weight is 335 g/mol. The maximum atomic E-state index is 12.9. The van der Waals surface area contributed by atoms with Crippen LogP contribution in [0.15, 0.2) is 59.6 Å². The van der Waals surface area contributed by atoms with E-state index in [1.165, 1.54) is 13.2 Å². The molecule has 0 bridgehead atoms. The van der Waals surface area contributed by atoms with E-state index >= 15 is 0 Å². The average Bonchev–Trinajstić information content (AvgIpc) is 2.53. The van der Waals surface area contributed by atoms with Crippen molar-refractivity contribution >= 4 is 22.5 Å². The third kappa shape index (κ3) is 3.59. The van der Waals surface area contributed by atoms with Gasteiger partial charge in [-0.05, 0) is 58.9 Å². The molecule has 0 radical (unpaired) electrons. The summed E-state index contributed by atoms with van der Waals surface area (Å²) in [5.74, 6) is 0.603. The zero-order valence-electron chi connectivity index (χ0n) is 12.1. The number of rotatable bonds is 3. The summed E-state index contributed by atoms with van der Waals surface area (Å²) in [6.07, 6.45) is 1.57. The summed E-state index contributed by atoms with van der Waals surface area (Å²) in [5.41, 5.74) is -3.39. The molecule has 3 rings (SSSR count). The second-order valence-electron chi connectivity index (χ2n) is 4.82. The van der Waals surface area contributed by atoms with Gasteiger partial charge < -0.3 is 4.74 Å². The van der Waals surface area contributed by atoms with E-state index in [9.17, 15) is 13.2 Å². The van der Waals surface area contributed by atoms with E-state index in [-0.39, 0.29) is 16.7 Å². The zero-order valence-corrected chi connectivity index (χ0v) is 12.9. The Balaban J connectivity index is 2.21. The Bertz CT molecular complexity index is 834. The van der Waals surface area contributed by atoms with E-state index in [1.807, 2.05) is 6.07 Å². The minimum Gasteiger partial charge on any atom is -0.497 e. The Morgan fingerprint density at radius 2 is 1.83 bits per heavy atom. The number of nitrogens with zero attached hydrogens (tertiary/aromatic N) is 1. The molecule has 0 N–H and O–H groups in total. The number of ether oxygens (including phenoxy) is 1. The zero-order chi connectivity index (χ0) is 16.4. The Labute approximate surface area is 135 Å². The highest BCUT2D eigenvalue weighted by Crippen LogP contribution is 2.43. The number of thioether (sulfide) groups is 1. The summed E-state index contributed by atoms with van der Waals surface area (Å²) < 4.78 is 43.8. The Kier molecular flexibility index (Phi) is 4.17. The molecular formula is C17H12F3NOS. The van der Waals surface area contributed by atoms with Crippen molar-refractivity contribution in [3.8, 4) is 17.0 Å². The lowest BCUT2D eigenvalue weighted by molar-refractivity contribution is -0.0327. The van der Waals surface area contributed by atoms with Crippen LogP contribution in [-0.4, -0.2) is 17.6 Å². The van der Waals surface area contributed by atoms with Crippen molar-refractivity contribution < 1.29 is 17.9 Å². The van der Waals surface area contributed by atoms with Crippen molar-refractivity contribution in [2.45, 2.75) is 10.4 Å². The Morgan fingerprint density at radius 1 is 1.00 bits per heavy atom. The van der Waals surface area contributed by atoms with Gasteiger partial charge in [-0.3, -0.25) is 4.98 Å². The van der Waals surface area contributed by atoms with Crippen molar-refractivity contribution in [1.82, 2.24) is 4.98 Å². The van der Waals surface area contributed by atoms with Crippen LogP contribution in [0.5, 0.6) is 5.75 Å². The molecule has 0 unspecified atom stereocenters. The molecule has 23 heavy (non-hydrogen) atoms. The SMILES string of the molecule is COc1ccc2cc(-c3ccccn3)c(SC(F)(F)F)cc2c1. The van der Waals surface area contributed by atoms with Crippen molar-refractivity contribution in [2.24, 2.45) is 0 Å². The highest BCUT2D eigenvalue weighted by atomic mass is 32.2. The molecule has 6 heteroatoms. The van der Waals surface area contributed by atoms with Gasteiger partial charge in [-0.15, -0.1) is 0 Å². The first-order valence-electron chi connectivity index (χ1n) is 6.75. The van der Waals surface area contributed by atoms with Crippen molar-refractivity contribution in [3.63, 3.8) is 0 Å². The van der Waals surface area contributed by atoms with Crippen LogP contribution >= 0.6 is 11.8 Å². The lowest BCUT2D eigenvalue weighted by Crippen LogP contribution is -2.00. The fourth-order valence-electron chi connectivity index (χ4n) is 2.31. The van der Waals surface area contributed by atoms with Gasteiger partial charge in [0.05, 0.1) is 12.8 Å². The molecule has 0 spiro atoms. The Hall–Kier alpha value is -2.21. The van der Waals surface area contributed by atoms with Crippen molar-refractivity contribution in [2.75, 3.05) is 7.11 Å². The van der Waals surface area contributed by atoms with Gasteiger partial charge in [-0.1, -0.05) is 12.1 Å². The molecule has 0 saturated heterocycles. The molecule has 0 aliphatic heterocycles. The molecule has 0 aliphatic carbocycles. The highest BCUT2D eigenvalue weighted by Gasteiger charge is 2.31. The molecule has 0 fully saturated rings. The van der Waals surface area contributed by atoms with Crippen LogP contribution in [0.25, 0.3) is 22.0 Å². The maximum absolute atomic E-state index is 12.9. The molecule has 118 valence electrons. The first-order valence-corrected chi connectivity index (χ1v) is 7.57. The topological polar surface area (TPSA) is 22.1 Å². The lowest BCUT2D eigenvalue weighted by Gasteiger charge is -2.13. The smallest absolute Gasteiger partial charge is 0.446 e. The summed E-state index contributed by atoms with van der Waals surface area (Å²) in [5, 5.41) is 1.52. The summed E-state index contributed by atoms with van der Waals surface area (Å²) in [6.45, 7) is 0. The molecule has 3 aromatic rings. The fourth-order valence-corrected chi connectivity index (χ4v) is 3.02. The number of benzene rings is 2. The van der Waals surface area contributed by atoms with E-state index in [0.29, 0.717) is 22.4 Å². The van der Waals surface area contributed by atoms with E-state index in [1.54, 1.807) is 42.6 Å². The molecule has 2 nitrogen and oxygen atoms in total. The molecule has 0 atom stereocenters. The number of pyridine rings is 1. The van der Waals surface area contributed by atoms with Gasteiger partial charge >= 0.3 is 5.51 Å². The maximum Gasteiger partial charge on any atom is 0.446 e. The van der Waals surface area contributed by atoms with Crippen LogP contribution < -0.4 is 4.74 Å². The summed E-state index contributed by atoms with van der Waals surface area (Å²) >= 11 is -0.130. The summed E-state index contributed by atoms with van der Waals surface area (Å²) in [6, 6.07) is 13.8. The number of hydrogen-bond acceptors (Lipinski definition) is 3. The number of halogens is 3. The van der Waals surface area contributed by atoms with Crippen LogP contribution in [0.4, 0.5) is 13.2 Å². The molecule has 0 saturated carbocycles. The van der Waals surface area contributed by atoms with Gasteiger partial charge in [-0.25, -0.2) is 0 Å². The lowest BCUT2D eigenvalue weighted by atomic mass is 10.0. The van der Waals surface area contributed by atoms with Crippen LogP contribution in [0.1, 0.15) is 0 Å². The van der Waals surface area contributed by atoms with Gasteiger partial charge in [0.15, 0.2) is 0 Å². The first-order chi connectivity index (χ1) is 11.0. The molecule has 0 amide bonds. The standard InChI is InChI=1S/C17H12F3NOS/c1-22-13-6-5-11-9-14(15-4-2-3-7-21-15)16(10-12(11)8-13)23-17(18,19)20/h2-10H,1H3. The second-order valence-corrected chi connectivity index (χ2v) is 5.93. The van der Waals surface area contributed by atoms with E-state index in [0.717, 1.165) is 5.39 Å². The number of aromatic nitrogens is 1. The minimum atomic E-state index is -4.37. The number of methoxy groups -OCH3 is 1. The summed E-state index contributed by atoms with van der Waals surface area (Å²) in [7, 11) is 1.52. The quantitative estimate of drug-likeness (QED) is 0.588. The predicted octanol–water partition coefficient (Wildman–Crippen LogP) is 5.52. The van der Waals surface area contributed by atoms with E-state index in [4.69, 9.17) is 4.74 Å². The molecule has 1 aromatic heterocycles. The van der Waals surface area contributed by atoms with E-state index < -0.39 is 5.51 Å². The number of fused-ring (bicyclic) bond motifs is 1. The largest absolute Gasteiger partial charge is 0.497 e. The van der Waals surface area contributed by atoms with Gasteiger partial charge in [0.25, 0.3) is 0 Å². The molecule has 1 heterocycles. The van der Waals surface area contributed by atoms with E-state index in [2.05, 4.69) is 4.98 Å². The Morgan fingerprint density at radius 3 is 2.48 bits per heavy atom. The van der Waals surface area contributed by atoms with Crippen LogP contribution in [0.3, 0.4) is 0 Å². The third-order valence-corrected chi connectivity index (χ3v) is 4.10. The van der Waals surface area contributed by atoms with Gasteiger partial charge in [-0.2, -0.15) is 13.2 Å². The normalized spacial score (nSPS) is 11.7.